The molecule has 65 heavy (non-hydrogen) atoms. The number of unbranched alkanes of at least 4 members (excludes halogenated alkanes) is 2. The summed E-state index contributed by atoms with van der Waals surface area (Å²) in [4.78, 5) is 26.3. The zero-order chi connectivity index (χ0) is 47.6. The maximum Gasteiger partial charge on any atom is 0.407 e. The van der Waals surface area contributed by atoms with E-state index in [2.05, 4.69) is 27.7 Å². The van der Waals surface area contributed by atoms with Crippen molar-refractivity contribution < 1.29 is 57.8 Å². The van der Waals surface area contributed by atoms with Gasteiger partial charge in [-0.2, -0.15) is 21.4 Å². The van der Waals surface area contributed by atoms with Gasteiger partial charge < -0.3 is 24.8 Å². The highest BCUT2D eigenvalue weighted by Crippen LogP contribution is 2.48. The van der Waals surface area contributed by atoms with Crippen molar-refractivity contribution in [1.29, 1.82) is 0 Å². The molecule has 2 aliphatic heterocycles. The number of fused-ring (bicyclic) bond motifs is 2. The smallest absolute Gasteiger partial charge is 0.407 e. The highest BCUT2D eigenvalue weighted by Gasteiger charge is 2.45. The highest BCUT2D eigenvalue weighted by atomic mass is 32.2. The van der Waals surface area contributed by atoms with Gasteiger partial charge in [0.15, 0.2) is 5.71 Å². The van der Waals surface area contributed by atoms with Gasteiger partial charge in [-0.25, -0.2) is 13.2 Å². The molecule has 0 bridgehead atoms. The van der Waals surface area contributed by atoms with Crippen molar-refractivity contribution in [2.45, 2.75) is 125 Å². The lowest BCUT2D eigenvalue weighted by atomic mass is 9.81. The standard InChI is InChI=1S/C46H62N4O12S3/c1-45(2)37-32-35(64(56,57)58)23-25-39(37)49(29-15-9-14-22-43(51)47-27-16-28-48-44(52)62-34-18-10-6-5-7-11-19-34)41(45)20-12-8-13-21-42-46(3,4)38-33-36(65(59,60)61)24-26-40(38)50(42)30-17-31-63(53,54)55/h5-6,8,12-13,20-21,23-26,32-34H,7,9-11,14-19,22,27-31H2,1-4H3,(H4-,47,48,51,52,53,54,55,56,57,58,59,60,61)/b6-5+. The summed E-state index contributed by atoms with van der Waals surface area (Å²) in [6, 6.07) is 8.61. The Bertz CT molecular complexity index is 2580. The summed E-state index contributed by atoms with van der Waals surface area (Å²) >= 11 is 0. The van der Waals surface area contributed by atoms with E-state index in [1.807, 2.05) is 50.5 Å². The first kappa shape index (κ1) is 51.3. The number of hydrogen-bond donors (Lipinski definition) is 4. The molecule has 0 saturated carbocycles. The van der Waals surface area contributed by atoms with Gasteiger partial charge in [0.25, 0.3) is 20.2 Å². The van der Waals surface area contributed by atoms with Gasteiger partial charge in [0.1, 0.15) is 22.8 Å². The van der Waals surface area contributed by atoms with E-state index in [9.17, 15) is 48.5 Å². The molecular weight excluding hydrogens is 897 g/mol. The molecule has 2 aromatic carbocycles. The molecule has 2 aromatic rings. The zero-order valence-electron chi connectivity index (χ0n) is 37.5. The van der Waals surface area contributed by atoms with Crippen molar-refractivity contribution in [2.75, 3.05) is 36.8 Å². The van der Waals surface area contributed by atoms with Crippen LogP contribution in [0.3, 0.4) is 0 Å². The minimum absolute atomic E-state index is 0.0741. The third kappa shape index (κ3) is 13.9. The number of benzene rings is 2. The number of nitrogens with zero attached hydrogens (tertiary/aromatic N) is 2. The van der Waals surface area contributed by atoms with E-state index in [0.29, 0.717) is 67.8 Å². The number of alkyl carbamates (subject to hydrolysis) is 1. The molecule has 19 heteroatoms. The van der Waals surface area contributed by atoms with Crippen LogP contribution in [0.1, 0.15) is 109 Å². The largest absolute Gasteiger partial charge is 0.744 e. The summed E-state index contributed by atoms with van der Waals surface area (Å²) in [6.45, 7) is 9.20. The van der Waals surface area contributed by atoms with Gasteiger partial charge in [-0.1, -0.05) is 50.6 Å². The number of nitrogens with one attached hydrogen (secondary N) is 2. The molecule has 0 fully saturated rings. The summed E-state index contributed by atoms with van der Waals surface area (Å²) < 4.78 is 110. The average Bonchev–Trinajstić information content (AvgIpc) is 3.54. The molecule has 356 valence electrons. The number of carbonyl (C=O) groups excluding carboxylic acids is 2. The Morgan fingerprint density at radius 1 is 0.831 bits per heavy atom. The van der Waals surface area contributed by atoms with Crippen LogP contribution in [0.25, 0.3) is 0 Å². The quantitative estimate of drug-likeness (QED) is 0.0345. The van der Waals surface area contributed by atoms with Gasteiger partial charge in [0.05, 0.1) is 21.0 Å². The van der Waals surface area contributed by atoms with Crippen molar-refractivity contribution in [3.8, 4) is 0 Å². The van der Waals surface area contributed by atoms with Gasteiger partial charge in [0.2, 0.25) is 11.6 Å². The maximum absolute atomic E-state index is 12.6. The molecule has 0 saturated heterocycles. The van der Waals surface area contributed by atoms with Gasteiger partial charge in [-0.05, 0) is 107 Å². The summed E-state index contributed by atoms with van der Waals surface area (Å²) in [5.74, 6) is -0.561. The molecule has 3 aliphatic rings. The van der Waals surface area contributed by atoms with E-state index in [4.69, 9.17) is 4.74 Å². The monoisotopic (exact) mass is 958 g/mol. The molecule has 1 atom stereocenters. The lowest BCUT2D eigenvalue weighted by Crippen LogP contribution is -2.32. The second kappa shape index (κ2) is 21.8. The van der Waals surface area contributed by atoms with E-state index >= 15 is 0 Å². The van der Waals surface area contributed by atoms with Crippen LogP contribution in [-0.4, -0.2) is 99.2 Å². The number of allylic oxidation sites excluding steroid dienone is 8. The lowest BCUT2D eigenvalue weighted by molar-refractivity contribution is -0.437. The van der Waals surface area contributed by atoms with Gasteiger partial charge in [-0.3, -0.25) is 13.9 Å². The van der Waals surface area contributed by atoms with Crippen LogP contribution in [0.15, 0.2) is 94.4 Å². The van der Waals surface area contributed by atoms with Crippen molar-refractivity contribution >= 4 is 59.4 Å². The molecule has 0 radical (unpaired) electrons. The zero-order valence-corrected chi connectivity index (χ0v) is 39.9. The summed E-state index contributed by atoms with van der Waals surface area (Å²) in [7, 11) is -13.5. The molecule has 2 heterocycles. The predicted octanol–water partition coefficient (Wildman–Crippen LogP) is 6.97. The van der Waals surface area contributed by atoms with E-state index < -0.39 is 53.0 Å². The van der Waals surface area contributed by atoms with E-state index in [1.165, 1.54) is 30.3 Å². The second-order valence-electron chi connectivity index (χ2n) is 17.6. The average molecular weight is 959 g/mol. The summed E-state index contributed by atoms with van der Waals surface area (Å²) in [5.41, 5.74) is 2.76. The van der Waals surface area contributed by atoms with Crippen molar-refractivity contribution in [1.82, 2.24) is 10.6 Å². The molecule has 0 spiro atoms. The first-order chi connectivity index (χ1) is 30.5. The molecule has 4 N–H and O–H groups in total. The fraction of sp³-hybridized carbons (Fsp3) is 0.500. The fourth-order valence-corrected chi connectivity index (χ4v) is 10.1. The molecule has 5 rings (SSSR count). The third-order valence-corrected chi connectivity index (χ3v) is 14.5. The van der Waals surface area contributed by atoms with Crippen LogP contribution in [0.2, 0.25) is 0 Å². The van der Waals surface area contributed by atoms with Crippen LogP contribution in [0, 0.1) is 0 Å². The molecule has 1 unspecified atom stereocenters. The third-order valence-electron chi connectivity index (χ3n) is 12.1. The van der Waals surface area contributed by atoms with E-state index in [0.717, 1.165) is 49.9 Å². The molecule has 1 aliphatic carbocycles. The maximum atomic E-state index is 12.6. The van der Waals surface area contributed by atoms with Crippen LogP contribution in [-0.2, 0) is 50.7 Å². The number of anilines is 1. The number of amides is 2. The Balaban J connectivity index is 1.22. The number of hydrogen-bond acceptors (Lipinski definition) is 11. The SMILES string of the molecule is CC1(C)C(/C=C/C=C/C=C2/N(CCCCCC(=O)NCCCNC(=O)OC3CC/C=C/CCC3)c3ccc(S(=O)(=O)O)cc3C2(C)C)=[N+](CCCS(=O)(=O)O)c2ccc(S(=O)(=O)[O-])cc21. The normalized spacial score (nSPS) is 19.6. The number of carbonyl (C=O) groups is 2. The summed E-state index contributed by atoms with van der Waals surface area (Å²) in [6.07, 6.45) is 20.5. The van der Waals surface area contributed by atoms with E-state index in [1.54, 1.807) is 18.2 Å². The van der Waals surface area contributed by atoms with Crippen molar-refractivity contribution in [2.24, 2.45) is 0 Å². The highest BCUT2D eigenvalue weighted by molar-refractivity contribution is 7.86. The lowest BCUT2D eigenvalue weighted by Gasteiger charge is -2.27. The minimum Gasteiger partial charge on any atom is -0.744 e. The van der Waals surface area contributed by atoms with Crippen LogP contribution in [0.4, 0.5) is 16.2 Å². The Morgan fingerprint density at radius 2 is 1.54 bits per heavy atom. The first-order valence-electron chi connectivity index (χ1n) is 22.0. The van der Waals surface area contributed by atoms with E-state index in [-0.39, 0.29) is 34.8 Å². The molecular formula is C46H62N4O12S3. The Labute approximate surface area is 383 Å². The summed E-state index contributed by atoms with van der Waals surface area (Å²) in [5, 5.41) is 5.68. The fourth-order valence-electron chi connectivity index (χ4n) is 8.63. The molecule has 2 amide bonds. The van der Waals surface area contributed by atoms with Crippen LogP contribution < -0.4 is 15.5 Å². The minimum atomic E-state index is -4.75. The van der Waals surface area contributed by atoms with Crippen LogP contribution >= 0.6 is 0 Å². The number of rotatable bonds is 20. The Kier molecular flexibility index (Phi) is 17.2. The van der Waals surface area contributed by atoms with Gasteiger partial charge in [0, 0.05) is 67.0 Å². The van der Waals surface area contributed by atoms with Crippen molar-refractivity contribution in [3.05, 3.63) is 95.8 Å². The molecule has 0 aromatic heterocycles. The molecule has 16 nitrogen and oxygen atoms in total. The Hall–Kier alpha value is -4.66. The number of ether oxygens (including phenoxy) is 1. The van der Waals surface area contributed by atoms with Gasteiger partial charge in [-0.15, -0.1) is 0 Å². The first-order valence-corrected chi connectivity index (χ1v) is 26.5. The Morgan fingerprint density at radius 3 is 2.26 bits per heavy atom. The predicted molar refractivity (Wildman–Crippen MR) is 248 cm³/mol. The second-order valence-corrected chi connectivity index (χ2v) is 22.0. The van der Waals surface area contributed by atoms with Crippen LogP contribution in [0.5, 0.6) is 0 Å². The van der Waals surface area contributed by atoms with Gasteiger partial charge >= 0.3 is 6.09 Å². The topological polar surface area (TPSA) is 240 Å². The van der Waals surface area contributed by atoms with Crippen molar-refractivity contribution in [3.63, 3.8) is 0 Å².